The molecule has 0 bridgehead atoms. The molecule has 3 rings (SSSR count). The van der Waals surface area contributed by atoms with Crippen LogP contribution in [-0.2, 0) is 35.8 Å². The Morgan fingerprint density at radius 2 is 1.59 bits per heavy atom. The van der Waals surface area contributed by atoms with Gasteiger partial charge in [0.05, 0.1) is 10.7 Å². The summed E-state index contributed by atoms with van der Waals surface area (Å²) in [7, 11) is -13.2. The monoisotopic (exact) mass is 480 g/mol. The molecule has 0 atom stereocenters. The number of nitrogens with zero attached hydrogens (tertiary/aromatic N) is 1. The van der Waals surface area contributed by atoms with Crippen LogP contribution in [0, 0.1) is 0 Å². The van der Waals surface area contributed by atoms with Crippen LogP contribution in [0.3, 0.4) is 0 Å². The first kappa shape index (κ1) is 21.5. The molecule has 29 heavy (non-hydrogen) atoms. The number of para-hydroxylation sites is 1. The first-order valence-corrected chi connectivity index (χ1v) is 12.6. The molecular weight excluding hydrogens is 468 g/mol. The highest BCUT2D eigenvalue weighted by Crippen LogP contribution is 2.31. The summed E-state index contributed by atoms with van der Waals surface area (Å²) < 4.78 is 79.0. The third kappa shape index (κ3) is 4.68. The largest absolute Gasteiger partial charge is 0.356 e. The highest BCUT2D eigenvalue weighted by atomic mass is 35.5. The highest BCUT2D eigenvalue weighted by Gasteiger charge is 2.26. The van der Waals surface area contributed by atoms with Gasteiger partial charge in [0.15, 0.2) is 5.58 Å². The lowest BCUT2D eigenvalue weighted by Gasteiger charge is -2.13. The number of aromatic nitrogens is 1. The second-order valence-electron chi connectivity index (χ2n) is 5.86. The van der Waals surface area contributed by atoms with Crippen molar-refractivity contribution >= 4 is 58.3 Å². The first-order valence-electron chi connectivity index (χ1n) is 7.51. The molecule has 0 aliphatic heterocycles. The summed E-state index contributed by atoms with van der Waals surface area (Å²) in [5.41, 5.74) is -0.0984. The zero-order valence-corrected chi connectivity index (χ0v) is 17.4. The van der Waals surface area contributed by atoms with Crippen molar-refractivity contribution in [3.8, 4) is 0 Å². The van der Waals surface area contributed by atoms with Gasteiger partial charge in [0.25, 0.3) is 0 Å². The maximum absolute atomic E-state index is 12.6. The molecule has 1 aromatic heterocycles. The molecule has 15 heteroatoms. The van der Waals surface area contributed by atoms with Crippen molar-refractivity contribution in [3.63, 3.8) is 0 Å². The number of primary sulfonamides is 2. The van der Waals surface area contributed by atoms with Crippen LogP contribution in [-0.4, -0.2) is 30.4 Å². The van der Waals surface area contributed by atoms with Gasteiger partial charge in [-0.15, -0.1) is 0 Å². The van der Waals surface area contributed by atoms with E-state index in [9.17, 15) is 25.3 Å². The lowest BCUT2D eigenvalue weighted by molar-refractivity contribution is 0.448. The number of nitrogens with one attached hydrogen (secondary N) is 1. The number of sulfonamides is 3. The summed E-state index contributed by atoms with van der Waals surface area (Å²) in [6.07, 6.45) is 0. The Bertz CT molecular complexity index is 1430. The number of nitrogens with two attached hydrogens (primary N) is 2. The van der Waals surface area contributed by atoms with Crippen molar-refractivity contribution in [2.24, 2.45) is 10.3 Å². The number of rotatable bonds is 6. The molecule has 0 amide bonds. The maximum atomic E-state index is 12.6. The van der Waals surface area contributed by atoms with E-state index in [0.29, 0.717) is 17.0 Å². The fourth-order valence-corrected chi connectivity index (χ4v) is 5.57. The van der Waals surface area contributed by atoms with Gasteiger partial charge in [0.2, 0.25) is 30.1 Å². The van der Waals surface area contributed by atoms with E-state index in [1.54, 1.807) is 24.3 Å². The minimum Gasteiger partial charge on any atom is -0.356 e. The van der Waals surface area contributed by atoms with Gasteiger partial charge in [-0.2, -0.15) is 0 Å². The van der Waals surface area contributed by atoms with E-state index < -0.39 is 56.3 Å². The SMILES string of the molecule is NS(=O)(=O)c1cc(S(N)(=O)=O)c(NS(=O)(=O)Cc2noc3ccccc23)cc1Cl. The van der Waals surface area contributed by atoms with Crippen molar-refractivity contribution in [1.29, 1.82) is 0 Å². The van der Waals surface area contributed by atoms with Crippen LogP contribution in [0.15, 0.2) is 50.7 Å². The predicted molar refractivity (Wildman–Crippen MR) is 104 cm³/mol. The maximum Gasteiger partial charge on any atom is 0.240 e. The van der Waals surface area contributed by atoms with E-state index >= 15 is 0 Å². The first-order chi connectivity index (χ1) is 13.3. The number of benzene rings is 2. The quantitative estimate of drug-likeness (QED) is 0.459. The van der Waals surface area contributed by atoms with E-state index in [2.05, 4.69) is 5.16 Å². The molecule has 0 aliphatic carbocycles. The zero-order valence-electron chi connectivity index (χ0n) is 14.2. The van der Waals surface area contributed by atoms with Crippen molar-refractivity contribution in [2.45, 2.75) is 15.5 Å². The summed E-state index contributed by atoms with van der Waals surface area (Å²) in [5, 5.41) is 13.7. The van der Waals surface area contributed by atoms with Crippen LogP contribution >= 0.6 is 11.6 Å². The zero-order chi connectivity index (χ0) is 21.6. The average molecular weight is 481 g/mol. The van der Waals surface area contributed by atoms with Crippen LogP contribution in [0.4, 0.5) is 5.69 Å². The van der Waals surface area contributed by atoms with E-state index in [1.165, 1.54) is 0 Å². The Morgan fingerprint density at radius 3 is 2.21 bits per heavy atom. The average Bonchev–Trinajstić information content (AvgIpc) is 2.94. The fraction of sp³-hybridized carbons (Fsp3) is 0.0714. The van der Waals surface area contributed by atoms with Crippen molar-refractivity contribution in [2.75, 3.05) is 4.72 Å². The summed E-state index contributed by atoms with van der Waals surface area (Å²) in [6, 6.07) is 7.90. The van der Waals surface area contributed by atoms with Gasteiger partial charge in [-0.05, 0) is 24.3 Å². The van der Waals surface area contributed by atoms with E-state index in [0.717, 1.165) is 6.07 Å². The van der Waals surface area contributed by atoms with Crippen molar-refractivity contribution in [1.82, 2.24) is 5.16 Å². The van der Waals surface area contributed by atoms with Crippen LogP contribution in [0.2, 0.25) is 5.02 Å². The molecule has 0 saturated heterocycles. The molecule has 0 fully saturated rings. The van der Waals surface area contributed by atoms with E-state index in [-0.39, 0.29) is 5.69 Å². The molecule has 5 N–H and O–H groups in total. The number of anilines is 1. The van der Waals surface area contributed by atoms with Crippen molar-refractivity contribution in [3.05, 3.63) is 47.1 Å². The van der Waals surface area contributed by atoms with Crippen LogP contribution < -0.4 is 15.0 Å². The van der Waals surface area contributed by atoms with Gasteiger partial charge in [-0.3, -0.25) is 4.72 Å². The molecule has 0 spiro atoms. The molecule has 0 aliphatic rings. The third-order valence-electron chi connectivity index (χ3n) is 3.69. The molecule has 11 nitrogen and oxygen atoms in total. The number of hydrogen-bond acceptors (Lipinski definition) is 8. The van der Waals surface area contributed by atoms with Gasteiger partial charge >= 0.3 is 0 Å². The second kappa shape index (κ2) is 7.23. The van der Waals surface area contributed by atoms with Gasteiger partial charge in [-0.25, -0.2) is 35.5 Å². The second-order valence-corrected chi connectivity index (χ2v) is 11.0. The van der Waals surface area contributed by atoms with Gasteiger partial charge in [-0.1, -0.05) is 28.9 Å². The predicted octanol–water partition coefficient (Wildman–Crippen LogP) is 0.718. The lowest BCUT2D eigenvalue weighted by Crippen LogP contribution is -2.21. The molecule has 2 aromatic carbocycles. The summed E-state index contributed by atoms with van der Waals surface area (Å²) in [4.78, 5) is -1.55. The Morgan fingerprint density at radius 1 is 0.966 bits per heavy atom. The van der Waals surface area contributed by atoms with Gasteiger partial charge < -0.3 is 4.52 Å². The minimum atomic E-state index is -4.54. The lowest BCUT2D eigenvalue weighted by atomic mass is 10.2. The highest BCUT2D eigenvalue weighted by molar-refractivity contribution is 7.92. The standard InChI is InChI=1S/C14H13ClN4O7S3/c15-9-5-10(14(29(17,24)25)6-13(9)28(16,22)23)19-27(20,21)7-11-8-3-1-2-4-12(8)26-18-11/h1-6,19H,7H2,(H2,16,22,23)(H2,17,24,25). The molecule has 1 heterocycles. The van der Waals surface area contributed by atoms with E-state index in [4.69, 9.17) is 26.4 Å². The smallest absolute Gasteiger partial charge is 0.240 e. The number of halogens is 1. The topological polar surface area (TPSA) is 193 Å². The summed E-state index contributed by atoms with van der Waals surface area (Å²) >= 11 is 5.83. The van der Waals surface area contributed by atoms with Gasteiger partial charge in [0, 0.05) is 5.39 Å². The van der Waals surface area contributed by atoms with E-state index in [1.807, 2.05) is 4.72 Å². The fourth-order valence-electron chi connectivity index (χ4n) is 2.49. The summed E-state index contributed by atoms with van der Waals surface area (Å²) in [6.45, 7) is 0. The third-order valence-corrected chi connectivity index (χ3v) is 7.20. The van der Waals surface area contributed by atoms with Crippen LogP contribution in [0.5, 0.6) is 0 Å². The Balaban J connectivity index is 2.05. The normalized spacial score (nSPS) is 12.9. The summed E-state index contributed by atoms with van der Waals surface area (Å²) in [5.74, 6) is -0.664. The van der Waals surface area contributed by atoms with Crippen molar-refractivity contribution < 1.29 is 29.8 Å². The number of hydrogen-bond donors (Lipinski definition) is 3. The molecule has 156 valence electrons. The Labute approximate surface area is 170 Å². The van der Waals surface area contributed by atoms with Crippen LogP contribution in [0.25, 0.3) is 11.0 Å². The van der Waals surface area contributed by atoms with Gasteiger partial charge in [0.1, 0.15) is 21.2 Å². The Kier molecular flexibility index (Phi) is 5.35. The number of fused-ring (bicyclic) bond motifs is 1. The van der Waals surface area contributed by atoms with Crippen LogP contribution in [0.1, 0.15) is 5.69 Å². The molecule has 0 saturated carbocycles. The minimum absolute atomic E-state index is 0.0810. The molecular formula is C14H13ClN4O7S3. The molecule has 0 radical (unpaired) electrons. The molecule has 0 unspecified atom stereocenters. The molecule has 3 aromatic rings. The Hall–Kier alpha value is -2.23.